The number of rotatable bonds is 1. The molecule has 0 aliphatic heterocycles. The number of nitrogen functional groups attached to an aromatic ring is 1. The molecule has 0 saturated carbocycles. The highest BCUT2D eigenvalue weighted by Crippen LogP contribution is 2.36. The van der Waals surface area contributed by atoms with Crippen LogP contribution >= 0.6 is 0 Å². The first-order valence-electron chi connectivity index (χ1n) is 4.89. The monoisotopic (exact) mass is 246 g/mol. The van der Waals surface area contributed by atoms with Gasteiger partial charge in [0.15, 0.2) is 0 Å². The van der Waals surface area contributed by atoms with Crippen LogP contribution in [0.1, 0.15) is 32.6 Å². The minimum Gasteiger partial charge on any atom is -0.290 e. The lowest BCUT2D eigenvalue weighted by molar-refractivity contribution is -0.138. The van der Waals surface area contributed by atoms with Crippen molar-refractivity contribution in [3.8, 4) is 0 Å². The summed E-state index contributed by atoms with van der Waals surface area (Å²) in [5.74, 6) is 3.95. The van der Waals surface area contributed by atoms with Crippen molar-refractivity contribution >= 4 is 5.91 Å². The summed E-state index contributed by atoms with van der Waals surface area (Å²) in [5, 5.41) is 0. The van der Waals surface area contributed by atoms with Gasteiger partial charge in [0.1, 0.15) is 0 Å². The topological polar surface area (TPSA) is 55.1 Å². The quantitative estimate of drug-likeness (QED) is 0.453. The van der Waals surface area contributed by atoms with Crippen molar-refractivity contribution in [1.82, 2.24) is 5.43 Å². The van der Waals surface area contributed by atoms with Crippen molar-refractivity contribution in [2.75, 3.05) is 0 Å². The van der Waals surface area contributed by atoms with Crippen LogP contribution in [-0.2, 0) is 6.18 Å². The van der Waals surface area contributed by atoms with E-state index >= 15 is 0 Å². The van der Waals surface area contributed by atoms with E-state index in [9.17, 15) is 18.0 Å². The maximum absolute atomic E-state index is 12.9. The standard InChI is InChI=1S/C11H13F3N2O/c1-5-4-8(10(17)16-15)9(11(12,13)14)7(3)6(5)2/h4H,15H2,1-3H3,(H,16,17). The van der Waals surface area contributed by atoms with Gasteiger partial charge in [0.05, 0.1) is 11.1 Å². The van der Waals surface area contributed by atoms with E-state index < -0.39 is 23.2 Å². The van der Waals surface area contributed by atoms with Crippen LogP contribution in [0.25, 0.3) is 0 Å². The van der Waals surface area contributed by atoms with Gasteiger partial charge in [0, 0.05) is 0 Å². The lowest BCUT2D eigenvalue weighted by Crippen LogP contribution is -2.32. The zero-order valence-electron chi connectivity index (χ0n) is 9.70. The molecule has 0 atom stereocenters. The lowest BCUT2D eigenvalue weighted by Gasteiger charge is -2.18. The van der Waals surface area contributed by atoms with Gasteiger partial charge in [-0.2, -0.15) is 13.2 Å². The number of amides is 1. The molecular weight excluding hydrogens is 233 g/mol. The van der Waals surface area contributed by atoms with E-state index in [1.807, 2.05) is 0 Å². The minimum atomic E-state index is -4.58. The predicted octanol–water partition coefficient (Wildman–Crippen LogP) is 2.23. The highest BCUT2D eigenvalue weighted by atomic mass is 19.4. The molecule has 1 aromatic rings. The maximum Gasteiger partial charge on any atom is 0.417 e. The fourth-order valence-electron chi connectivity index (χ4n) is 1.70. The van der Waals surface area contributed by atoms with Gasteiger partial charge in [-0.25, -0.2) is 5.84 Å². The van der Waals surface area contributed by atoms with Crippen LogP contribution < -0.4 is 11.3 Å². The van der Waals surface area contributed by atoms with Crippen LogP contribution in [0, 0.1) is 20.8 Å². The summed E-state index contributed by atoms with van der Waals surface area (Å²) in [6.07, 6.45) is -4.58. The van der Waals surface area contributed by atoms with Crippen LogP contribution in [-0.4, -0.2) is 5.91 Å². The molecule has 1 aromatic carbocycles. The van der Waals surface area contributed by atoms with E-state index in [2.05, 4.69) is 0 Å². The average molecular weight is 246 g/mol. The number of benzene rings is 1. The Kier molecular flexibility index (Phi) is 3.47. The normalized spacial score (nSPS) is 11.5. The van der Waals surface area contributed by atoms with Gasteiger partial charge in [-0.15, -0.1) is 0 Å². The Hall–Kier alpha value is -1.56. The molecule has 0 aliphatic rings. The average Bonchev–Trinajstić information content (AvgIpc) is 2.22. The lowest BCUT2D eigenvalue weighted by atomic mass is 9.93. The van der Waals surface area contributed by atoms with Crippen LogP contribution in [0.4, 0.5) is 13.2 Å². The molecule has 17 heavy (non-hydrogen) atoms. The number of alkyl halides is 3. The van der Waals surface area contributed by atoms with Crippen molar-refractivity contribution in [1.29, 1.82) is 0 Å². The third-order valence-electron chi connectivity index (χ3n) is 2.82. The minimum absolute atomic E-state index is 0.0519. The molecule has 0 radical (unpaired) electrons. The van der Waals surface area contributed by atoms with E-state index in [1.165, 1.54) is 13.0 Å². The molecule has 0 fully saturated rings. The molecule has 0 aliphatic carbocycles. The van der Waals surface area contributed by atoms with Crippen LogP contribution in [0.5, 0.6) is 0 Å². The summed E-state index contributed by atoms with van der Waals surface area (Å²) in [7, 11) is 0. The number of nitrogens with one attached hydrogen (secondary N) is 1. The van der Waals surface area contributed by atoms with E-state index in [4.69, 9.17) is 5.84 Å². The molecule has 94 valence electrons. The molecule has 6 heteroatoms. The summed E-state index contributed by atoms with van der Waals surface area (Å²) >= 11 is 0. The first-order chi connectivity index (χ1) is 7.70. The largest absolute Gasteiger partial charge is 0.417 e. The molecule has 0 heterocycles. The number of aryl methyl sites for hydroxylation is 1. The van der Waals surface area contributed by atoms with Gasteiger partial charge >= 0.3 is 6.18 Å². The number of carbonyl (C=O) groups excluding carboxylic acids is 1. The summed E-state index contributed by atoms with van der Waals surface area (Å²) in [6, 6.07) is 1.20. The number of carbonyl (C=O) groups is 1. The fourth-order valence-corrected chi connectivity index (χ4v) is 1.70. The van der Waals surface area contributed by atoms with E-state index in [0.29, 0.717) is 11.1 Å². The molecule has 0 unspecified atom stereocenters. The van der Waals surface area contributed by atoms with Gasteiger partial charge < -0.3 is 0 Å². The van der Waals surface area contributed by atoms with Crippen molar-refractivity contribution < 1.29 is 18.0 Å². The number of hydrazine groups is 1. The van der Waals surface area contributed by atoms with Gasteiger partial charge in [0.2, 0.25) is 0 Å². The Morgan fingerprint density at radius 2 is 1.76 bits per heavy atom. The zero-order valence-corrected chi connectivity index (χ0v) is 9.70. The van der Waals surface area contributed by atoms with Crippen LogP contribution in [0.3, 0.4) is 0 Å². The van der Waals surface area contributed by atoms with E-state index in [0.717, 1.165) is 0 Å². The van der Waals surface area contributed by atoms with Crippen molar-refractivity contribution in [2.45, 2.75) is 26.9 Å². The molecule has 0 aromatic heterocycles. The Labute approximate surface area is 96.8 Å². The Balaban J connectivity index is 3.64. The van der Waals surface area contributed by atoms with Crippen molar-refractivity contribution in [3.63, 3.8) is 0 Å². The van der Waals surface area contributed by atoms with Crippen molar-refractivity contribution in [3.05, 3.63) is 33.9 Å². The highest BCUT2D eigenvalue weighted by Gasteiger charge is 2.37. The first-order valence-corrected chi connectivity index (χ1v) is 4.89. The number of hydrogen-bond acceptors (Lipinski definition) is 2. The first kappa shape index (κ1) is 13.5. The molecule has 1 amide bonds. The highest BCUT2D eigenvalue weighted by molar-refractivity contribution is 5.96. The second-order valence-electron chi connectivity index (χ2n) is 3.84. The summed E-state index contributed by atoms with van der Waals surface area (Å²) in [5.41, 5.74) is 1.55. The van der Waals surface area contributed by atoms with E-state index in [-0.39, 0.29) is 5.56 Å². The second-order valence-corrected chi connectivity index (χ2v) is 3.84. The molecule has 0 bridgehead atoms. The van der Waals surface area contributed by atoms with Gasteiger partial charge in [0.25, 0.3) is 5.91 Å². The third-order valence-corrected chi connectivity index (χ3v) is 2.82. The smallest absolute Gasteiger partial charge is 0.290 e. The SMILES string of the molecule is Cc1cc(C(=O)NN)c(C(F)(F)F)c(C)c1C. The fraction of sp³-hybridized carbons (Fsp3) is 0.364. The van der Waals surface area contributed by atoms with Crippen LogP contribution in [0.2, 0.25) is 0 Å². The van der Waals surface area contributed by atoms with Gasteiger partial charge in [-0.05, 0) is 43.5 Å². The van der Waals surface area contributed by atoms with Gasteiger partial charge in [-0.1, -0.05) is 0 Å². The second kappa shape index (κ2) is 4.37. The summed E-state index contributed by atoms with van der Waals surface area (Å²) in [4.78, 5) is 11.4. The molecule has 0 spiro atoms. The third kappa shape index (κ3) is 2.41. The maximum atomic E-state index is 12.9. The molecule has 3 N–H and O–H groups in total. The molecule has 0 saturated heterocycles. The number of hydrogen-bond donors (Lipinski definition) is 2. The molecular formula is C11H13F3N2O. The molecule has 1 rings (SSSR count). The molecule has 3 nitrogen and oxygen atoms in total. The predicted molar refractivity (Wildman–Crippen MR) is 57.3 cm³/mol. The number of halogens is 3. The Morgan fingerprint density at radius 3 is 2.18 bits per heavy atom. The number of nitrogens with two attached hydrogens (primary N) is 1. The zero-order chi connectivity index (χ0) is 13.4. The Bertz CT molecular complexity index is 467. The summed E-state index contributed by atoms with van der Waals surface area (Å²) < 4.78 is 38.7. The summed E-state index contributed by atoms with van der Waals surface area (Å²) in [6.45, 7) is 4.58. The van der Waals surface area contributed by atoms with Crippen molar-refractivity contribution in [2.24, 2.45) is 5.84 Å². The van der Waals surface area contributed by atoms with Crippen LogP contribution in [0.15, 0.2) is 6.07 Å². The Morgan fingerprint density at radius 1 is 1.24 bits per heavy atom. The van der Waals surface area contributed by atoms with Gasteiger partial charge in [-0.3, -0.25) is 10.2 Å². The van der Waals surface area contributed by atoms with E-state index in [1.54, 1.807) is 19.3 Å².